The molecule has 0 amide bonds. The first-order valence-electron chi connectivity index (χ1n) is 7.11. The standard InChI is InChI=1S/C17H24N2/c1-9(2)14-8-11(5)12(6)15-13(7)18-19-17(10(3)4)16(14)15/h8-10H,1-7H3. The maximum Gasteiger partial charge on any atom is 0.0737 e. The molecule has 0 atom stereocenters. The molecule has 0 aliphatic carbocycles. The normalized spacial score (nSPS) is 11.8. The van der Waals surface area contributed by atoms with Crippen molar-refractivity contribution in [3.05, 3.63) is 34.1 Å². The monoisotopic (exact) mass is 256 g/mol. The van der Waals surface area contributed by atoms with Crippen molar-refractivity contribution in [1.29, 1.82) is 0 Å². The van der Waals surface area contributed by atoms with Gasteiger partial charge in [0.2, 0.25) is 0 Å². The van der Waals surface area contributed by atoms with E-state index in [0.717, 1.165) is 11.4 Å². The first kappa shape index (κ1) is 14.0. The number of aryl methyl sites for hydroxylation is 3. The molecule has 0 fully saturated rings. The quantitative estimate of drug-likeness (QED) is 0.771. The molecule has 2 aromatic rings. The molecule has 0 aliphatic heterocycles. The number of hydrogen-bond donors (Lipinski definition) is 0. The molecule has 0 unspecified atom stereocenters. The molecular weight excluding hydrogens is 232 g/mol. The number of hydrogen-bond acceptors (Lipinski definition) is 2. The summed E-state index contributed by atoms with van der Waals surface area (Å²) in [5.74, 6) is 0.901. The molecule has 0 radical (unpaired) electrons. The lowest BCUT2D eigenvalue weighted by Crippen LogP contribution is -2.05. The Morgan fingerprint density at radius 1 is 0.842 bits per heavy atom. The van der Waals surface area contributed by atoms with Crippen molar-refractivity contribution in [1.82, 2.24) is 10.2 Å². The van der Waals surface area contributed by atoms with Gasteiger partial charge in [-0.1, -0.05) is 33.8 Å². The van der Waals surface area contributed by atoms with Gasteiger partial charge >= 0.3 is 0 Å². The number of fused-ring (bicyclic) bond motifs is 1. The Balaban J connectivity index is 3.03. The Morgan fingerprint density at radius 3 is 2.00 bits per heavy atom. The van der Waals surface area contributed by atoms with Crippen molar-refractivity contribution in [2.75, 3.05) is 0 Å². The SMILES string of the molecule is Cc1cc(C(C)C)c2c(C(C)C)nnc(C)c2c1C. The lowest BCUT2D eigenvalue weighted by molar-refractivity contribution is 0.784. The topological polar surface area (TPSA) is 25.8 Å². The lowest BCUT2D eigenvalue weighted by atomic mass is 9.87. The van der Waals surface area contributed by atoms with Crippen LogP contribution in [0.25, 0.3) is 10.8 Å². The maximum atomic E-state index is 4.47. The molecule has 19 heavy (non-hydrogen) atoms. The molecule has 0 spiro atoms. The largest absolute Gasteiger partial charge is 0.155 e. The summed E-state index contributed by atoms with van der Waals surface area (Å²) >= 11 is 0. The van der Waals surface area contributed by atoms with E-state index in [9.17, 15) is 0 Å². The van der Waals surface area contributed by atoms with Gasteiger partial charge in [-0.3, -0.25) is 0 Å². The summed E-state index contributed by atoms with van der Waals surface area (Å²) in [6, 6.07) is 2.33. The zero-order valence-electron chi connectivity index (χ0n) is 13.1. The van der Waals surface area contributed by atoms with Gasteiger partial charge in [0.25, 0.3) is 0 Å². The van der Waals surface area contributed by atoms with Crippen molar-refractivity contribution < 1.29 is 0 Å². The minimum Gasteiger partial charge on any atom is -0.155 e. The molecule has 2 rings (SSSR count). The second-order valence-electron chi connectivity index (χ2n) is 6.14. The highest BCUT2D eigenvalue weighted by atomic mass is 15.1. The Labute approximate surface area is 116 Å². The third kappa shape index (κ3) is 2.24. The lowest BCUT2D eigenvalue weighted by Gasteiger charge is -2.19. The number of nitrogens with zero attached hydrogens (tertiary/aromatic N) is 2. The van der Waals surface area contributed by atoms with Crippen LogP contribution in [-0.2, 0) is 0 Å². The zero-order valence-corrected chi connectivity index (χ0v) is 13.1. The number of rotatable bonds is 2. The van der Waals surface area contributed by atoms with Crippen LogP contribution in [0.5, 0.6) is 0 Å². The molecule has 0 N–H and O–H groups in total. The zero-order chi connectivity index (χ0) is 14.3. The van der Waals surface area contributed by atoms with Gasteiger partial charge in [0, 0.05) is 10.8 Å². The van der Waals surface area contributed by atoms with E-state index in [4.69, 9.17) is 0 Å². The van der Waals surface area contributed by atoms with Crippen LogP contribution in [-0.4, -0.2) is 10.2 Å². The Bertz CT molecular complexity index is 625. The van der Waals surface area contributed by atoms with E-state index in [0.29, 0.717) is 11.8 Å². The summed E-state index contributed by atoms with van der Waals surface area (Å²) in [6.45, 7) is 15.3. The fourth-order valence-electron chi connectivity index (χ4n) is 2.76. The molecule has 1 aromatic heterocycles. The third-order valence-electron chi connectivity index (χ3n) is 3.97. The molecule has 2 heteroatoms. The fraction of sp³-hybridized carbons (Fsp3) is 0.529. The number of benzene rings is 1. The van der Waals surface area contributed by atoms with E-state index in [2.05, 4.69) is 64.7 Å². The van der Waals surface area contributed by atoms with Gasteiger partial charge in [-0.2, -0.15) is 10.2 Å². The summed E-state index contributed by atoms with van der Waals surface area (Å²) in [6.07, 6.45) is 0. The van der Waals surface area contributed by atoms with Gasteiger partial charge < -0.3 is 0 Å². The van der Waals surface area contributed by atoms with Crippen LogP contribution in [0.1, 0.15) is 67.6 Å². The van der Waals surface area contributed by atoms with Crippen LogP contribution >= 0.6 is 0 Å². The van der Waals surface area contributed by atoms with Crippen molar-refractivity contribution in [3.63, 3.8) is 0 Å². The molecule has 102 valence electrons. The molecule has 1 heterocycles. The second kappa shape index (κ2) is 4.92. The van der Waals surface area contributed by atoms with E-state index in [1.807, 2.05) is 0 Å². The van der Waals surface area contributed by atoms with E-state index in [1.165, 1.54) is 27.5 Å². The predicted octanol–water partition coefficient (Wildman–Crippen LogP) is 4.80. The Kier molecular flexibility index (Phi) is 3.62. The predicted molar refractivity (Wildman–Crippen MR) is 81.9 cm³/mol. The fourth-order valence-corrected chi connectivity index (χ4v) is 2.76. The van der Waals surface area contributed by atoms with Crippen LogP contribution in [0.4, 0.5) is 0 Å². The van der Waals surface area contributed by atoms with E-state index in [-0.39, 0.29) is 0 Å². The van der Waals surface area contributed by atoms with Gasteiger partial charge in [-0.25, -0.2) is 0 Å². The molecule has 2 nitrogen and oxygen atoms in total. The van der Waals surface area contributed by atoms with Crippen molar-refractivity contribution in [2.45, 2.75) is 60.3 Å². The van der Waals surface area contributed by atoms with Crippen molar-refractivity contribution >= 4 is 10.8 Å². The first-order valence-corrected chi connectivity index (χ1v) is 7.11. The Hall–Kier alpha value is -1.44. The van der Waals surface area contributed by atoms with E-state index >= 15 is 0 Å². The summed E-state index contributed by atoms with van der Waals surface area (Å²) in [7, 11) is 0. The summed E-state index contributed by atoms with van der Waals surface area (Å²) in [5.41, 5.74) is 6.27. The minimum absolute atomic E-state index is 0.398. The third-order valence-corrected chi connectivity index (χ3v) is 3.97. The summed E-state index contributed by atoms with van der Waals surface area (Å²) in [4.78, 5) is 0. The second-order valence-corrected chi connectivity index (χ2v) is 6.14. The van der Waals surface area contributed by atoms with Gasteiger partial charge in [0.05, 0.1) is 11.4 Å². The average Bonchev–Trinajstić information content (AvgIpc) is 2.32. The smallest absolute Gasteiger partial charge is 0.0737 e. The van der Waals surface area contributed by atoms with E-state index in [1.54, 1.807) is 0 Å². The summed E-state index contributed by atoms with van der Waals surface area (Å²) < 4.78 is 0. The van der Waals surface area contributed by atoms with Crippen LogP contribution in [0.15, 0.2) is 6.07 Å². The van der Waals surface area contributed by atoms with E-state index < -0.39 is 0 Å². The molecular formula is C17H24N2. The van der Waals surface area contributed by atoms with Crippen molar-refractivity contribution in [3.8, 4) is 0 Å². The van der Waals surface area contributed by atoms with Gasteiger partial charge in [0.1, 0.15) is 0 Å². The molecule has 0 saturated carbocycles. The van der Waals surface area contributed by atoms with Crippen LogP contribution < -0.4 is 0 Å². The highest BCUT2D eigenvalue weighted by molar-refractivity contribution is 5.93. The summed E-state index contributed by atoms with van der Waals surface area (Å²) in [5, 5.41) is 11.5. The Morgan fingerprint density at radius 2 is 1.47 bits per heavy atom. The minimum atomic E-state index is 0.398. The van der Waals surface area contributed by atoms with Crippen LogP contribution in [0.3, 0.4) is 0 Å². The molecule has 0 saturated heterocycles. The van der Waals surface area contributed by atoms with Crippen LogP contribution in [0.2, 0.25) is 0 Å². The average molecular weight is 256 g/mol. The molecule has 0 aliphatic rings. The molecule has 1 aromatic carbocycles. The number of aromatic nitrogens is 2. The highest BCUT2D eigenvalue weighted by Gasteiger charge is 2.18. The van der Waals surface area contributed by atoms with Gasteiger partial charge in [-0.15, -0.1) is 0 Å². The van der Waals surface area contributed by atoms with Gasteiger partial charge in [0.15, 0.2) is 0 Å². The molecule has 0 bridgehead atoms. The van der Waals surface area contributed by atoms with Crippen LogP contribution in [0, 0.1) is 20.8 Å². The maximum absolute atomic E-state index is 4.47. The highest BCUT2D eigenvalue weighted by Crippen LogP contribution is 2.35. The van der Waals surface area contributed by atoms with Crippen molar-refractivity contribution in [2.24, 2.45) is 0 Å². The van der Waals surface area contributed by atoms with Gasteiger partial charge in [-0.05, 0) is 49.3 Å². The first-order chi connectivity index (χ1) is 8.84.